The highest BCUT2D eigenvalue weighted by Gasteiger charge is 2.34. The van der Waals surface area contributed by atoms with E-state index in [1.807, 2.05) is 36.9 Å². The van der Waals surface area contributed by atoms with E-state index in [4.69, 9.17) is 0 Å². The molecule has 0 aromatic heterocycles. The van der Waals surface area contributed by atoms with Crippen molar-refractivity contribution in [1.29, 1.82) is 0 Å². The van der Waals surface area contributed by atoms with Crippen LogP contribution in [-0.2, 0) is 4.79 Å². The average Bonchev–Trinajstić information content (AvgIpc) is 2.33. The molecule has 4 nitrogen and oxygen atoms in total. The van der Waals surface area contributed by atoms with Crippen molar-refractivity contribution in [2.75, 3.05) is 18.1 Å². The number of nitrogens with zero attached hydrogens (tertiary/aromatic N) is 1. The summed E-state index contributed by atoms with van der Waals surface area (Å²) in [5, 5.41) is 12.3. The smallest absolute Gasteiger partial charge is 0.245 e. The maximum atomic E-state index is 11.9. The van der Waals surface area contributed by atoms with Gasteiger partial charge >= 0.3 is 0 Å². The Kier molecular flexibility index (Phi) is 3.57. The standard InChI is InChI=1S/C14H20N2O2/c1-9-5-4-6-10(2)13(9)16-11(3)7-15-14(18)12(16)8-17/h4-6,11-12,17H,7-8H2,1-3H3,(H,15,18). The summed E-state index contributed by atoms with van der Waals surface area (Å²) >= 11 is 0. The Balaban J connectivity index is 2.48. The summed E-state index contributed by atoms with van der Waals surface area (Å²) in [6, 6.07) is 5.77. The Labute approximate surface area is 108 Å². The molecule has 1 aliphatic heterocycles. The summed E-state index contributed by atoms with van der Waals surface area (Å²) in [4.78, 5) is 13.9. The van der Waals surface area contributed by atoms with E-state index in [-0.39, 0.29) is 18.6 Å². The van der Waals surface area contributed by atoms with E-state index in [1.165, 1.54) is 0 Å². The molecule has 1 saturated heterocycles. The summed E-state index contributed by atoms with van der Waals surface area (Å²) < 4.78 is 0. The zero-order valence-electron chi connectivity index (χ0n) is 11.1. The van der Waals surface area contributed by atoms with Gasteiger partial charge in [-0.1, -0.05) is 18.2 Å². The van der Waals surface area contributed by atoms with Crippen molar-refractivity contribution >= 4 is 11.6 Å². The minimum absolute atomic E-state index is 0.0988. The maximum absolute atomic E-state index is 11.9. The zero-order valence-corrected chi connectivity index (χ0v) is 11.1. The van der Waals surface area contributed by atoms with Gasteiger partial charge in [-0.3, -0.25) is 4.79 Å². The third kappa shape index (κ3) is 2.08. The lowest BCUT2D eigenvalue weighted by Crippen LogP contribution is -2.61. The van der Waals surface area contributed by atoms with Crippen molar-refractivity contribution in [1.82, 2.24) is 5.32 Å². The van der Waals surface area contributed by atoms with E-state index < -0.39 is 6.04 Å². The van der Waals surface area contributed by atoms with Crippen molar-refractivity contribution in [2.45, 2.75) is 32.9 Å². The molecule has 18 heavy (non-hydrogen) atoms. The molecule has 2 rings (SSSR count). The van der Waals surface area contributed by atoms with Crippen LogP contribution in [0.25, 0.3) is 0 Å². The molecule has 1 aromatic rings. The van der Waals surface area contributed by atoms with Crippen molar-refractivity contribution in [2.24, 2.45) is 0 Å². The van der Waals surface area contributed by atoms with Gasteiger partial charge in [-0.05, 0) is 31.9 Å². The predicted octanol–water partition coefficient (Wildman–Crippen LogP) is 0.989. The van der Waals surface area contributed by atoms with Crippen molar-refractivity contribution in [3.8, 4) is 0 Å². The van der Waals surface area contributed by atoms with E-state index in [9.17, 15) is 9.90 Å². The molecule has 0 saturated carbocycles. The van der Waals surface area contributed by atoms with Gasteiger partial charge in [0.25, 0.3) is 0 Å². The number of para-hydroxylation sites is 1. The second-order valence-corrected chi connectivity index (χ2v) is 4.94. The van der Waals surface area contributed by atoms with E-state index in [2.05, 4.69) is 12.2 Å². The van der Waals surface area contributed by atoms with E-state index in [0.29, 0.717) is 6.54 Å². The van der Waals surface area contributed by atoms with Gasteiger partial charge in [0.1, 0.15) is 6.04 Å². The van der Waals surface area contributed by atoms with E-state index in [0.717, 1.165) is 16.8 Å². The highest BCUT2D eigenvalue weighted by atomic mass is 16.3. The van der Waals surface area contributed by atoms with Crippen LogP contribution in [0, 0.1) is 13.8 Å². The summed E-state index contributed by atoms with van der Waals surface area (Å²) in [5.41, 5.74) is 3.34. The summed E-state index contributed by atoms with van der Waals surface area (Å²) in [7, 11) is 0. The quantitative estimate of drug-likeness (QED) is 0.820. The van der Waals surface area contributed by atoms with Gasteiger partial charge in [0.15, 0.2) is 0 Å². The van der Waals surface area contributed by atoms with Crippen molar-refractivity contribution < 1.29 is 9.90 Å². The largest absolute Gasteiger partial charge is 0.394 e. The lowest BCUT2D eigenvalue weighted by molar-refractivity contribution is -0.124. The van der Waals surface area contributed by atoms with E-state index in [1.54, 1.807) is 0 Å². The first-order valence-corrected chi connectivity index (χ1v) is 6.29. The normalized spacial score (nSPS) is 24.0. The van der Waals surface area contributed by atoms with Crippen LogP contribution in [0.15, 0.2) is 18.2 Å². The van der Waals surface area contributed by atoms with Gasteiger partial charge in [-0.25, -0.2) is 0 Å². The molecule has 0 aliphatic carbocycles. The fraction of sp³-hybridized carbons (Fsp3) is 0.500. The first-order chi connectivity index (χ1) is 8.56. The fourth-order valence-corrected chi connectivity index (χ4v) is 2.66. The van der Waals surface area contributed by atoms with Crippen LogP contribution in [0.2, 0.25) is 0 Å². The number of benzene rings is 1. The average molecular weight is 248 g/mol. The Bertz CT molecular complexity index is 439. The molecule has 2 N–H and O–H groups in total. The molecule has 1 aliphatic rings. The molecule has 98 valence electrons. The molecule has 4 heteroatoms. The molecule has 1 fully saturated rings. The molecule has 0 spiro atoms. The molecule has 1 heterocycles. The number of carbonyl (C=O) groups is 1. The fourth-order valence-electron chi connectivity index (χ4n) is 2.66. The molecule has 1 amide bonds. The summed E-state index contributed by atoms with van der Waals surface area (Å²) in [6.07, 6.45) is 0. The van der Waals surface area contributed by atoms with Crippen LogP contribution < -0.4 is 10.2 Å². The highest BCUT2D eigenvalue weighted by molar-refractivity contribution is 5.87. The number of anilines is 1. The highest BCUT2D eigenvalue weighted by Crippen LogP contribution is 2.29. The number of carbonyl (C=O) groups excluding carboxylic acids is 1. The SMILES string of the molecule is Cc1cccc(C)c1N1C(C)CNC(=O)C1CO. The number of rotatable bonds is 2. The molecule has 2 unspecified atom stereocenters. The van der Waals surface area contributed by atoms with Crippen molar-refractivity contribution in [3.63, 3.8) is 0 Å². The number of aryl methyl sites for hydroxylation is 2. The third-order valence-corrected chi connectivity index (χ3v) is 3.56. The Morgan fingerprint density at radius 2 is 2.00 bits per heavy atom. The first kappa shape index (κ1) is 12.9. The number of piperazine rings is 1. The first-order valence-electron chi connectivity index (χ1n) is 6.29. The van der Waals surface area contributed by atoms with E-state index >= 15 is 0 Å². The monoisotopic (exact) mass is 248 g/mol. The Hall–Kier alpha value is -1.55. The van der Waals surface area contributed by atoms with Crippen LogP contribution in [0.3, 0.4) is 0 Å². The molecular formula is C14H20N2O2. The number of nitrogens with one attached hydrogen (secondary N) is 1. The second kappa shape index (κ2) is 4.98. The molecular weight excluding hydrogens is 228 g/mol. The van der Waals surface area contributed by atoms with Gasteiger partial charge in [-0.15, -0.1) is 0 Å². The van der Waals surface area contributed by atoms with Gasteiger partial charge in [0, 0.05) is 18.3 Å². The molecule has 1 aromatic carbocycles. The van der Waals surface area contributed by atoms with Crippen LogP contribution in [0.1, 0.15) is 18.1 Å². The second-order valence-electron chi connectivity index (χ2n) is 4.94. The number of hydrogen-bond acceptors (Lipinski definition) is 3. The number of aliphatic hydroxyl groups is 1. The predicted molar refractivity (Wildman–Crippen MR) is 71.7 cm³/mol. The third-order valence-electron chi connectivity index (χ3n) is 3.56. The summed E-state index contributed by atoms with van der Waals surface area (Å²) in [5.74, 6) is -0.0988. The van der Waals surface area contributed by atoms with Gasteiger partial charge in [0.05, 0.1) is 6.61 Å². The molecule has 0 bridgehead atoms. The molecule has 2 atom stereocenters. The minimum Gasteiger partial charge on any atom is -0.394 e. The zero-order chi connectivity index (χ0) is 13.3. The Morgan fingerprint density at radius 1 is 1.39 bits per heavy atom. The minimum atomic E-state index is -0.492. The summed E-state index contributed by atoms with van der Waals surface area (Å²) in [6.45, 7) is 6.59. The number of amides is 1. The lowest BCUT2D eigenvalue weighted by Gasteiger charge is -2.42. The topological polar surface area (TPSA) is 52.6 Å². The molecule has 0 radical (unpaired) electrons. The van der Waals surface area contributed by atoms with Crippen LogP contribution in [0.4, 0.5) is 5.69 Å². The van der Waals surface area contributed by atoms with Crippen LogP contribution >= 0.6 is 0 Å². The van der Waals surface area contributed by atoms with Gasteiger partial charge in [-0.2, -0.15) is 0 Å². The Morgan fingerprint density at radius 3 is 2.56 bits per heavy atom. The number of aliphatic hydroxyl groups excluding tert-OH is 1. The van der Waals surface area contributed by atoms with Gasteiger partial charge in [0.2, 0.25) is 5.91 Å². The maximum Gasteiger partial charge on any atom is 0.245 e. The van der Waals surface area contributed by atoms with Crippen molar-refractivity contribution in [3.05, 3.63) is 29.3 Å². The lowest BCUT2D eigenvalue weighted by atomic mass is 10.0. The van der Waals surface area contributed by atoms with Crippen LogP contribution in [-0.4, -0.2) is 36.2 Å². The number of hydrogen-bond donors (Lipinski definition) is 2. The van der Waals surface area contributed by atoms with Crippen LogP contribution in [0.5, 0.6) is 0 Å². The van der Waals surface area contributed by atoms with Gasteiger partial charge < -0.3 is 15.3 Å².